The van der Waals surface area contributed by atoms with Crippen LogP contribution in [0, 0.1) is 0 Å². The molecule has 1 unspecified atom stereocenters. The largest absolute Gasteiger partial charge is 0.411 e. The molecule has 0 aliphatic carbocycles. The van der Waals surface area contributed by atoms with Crippen molar-refractivity contribution >= 4 is 0 Å². The van der Waals surface area contributed by atoms with E-state index in [2.05, 4.69) is 4.74 Å². The van der Waals surface area contributed by atoms with Crippen molar-refractivity contribution in [1.29, 1.82) is 0 Å². The fraction of sp³-hybridized carbons (Fsp3) is 1.00. The van der Waals surface area contributed by atoms with Gasteiger partial charge in [0.1, 0.15) is 13.3 Å². The van der Waals surface area contributed by atoms with Gasteiger partial charge in [-0.25, -0.2) is 8.78 Å². The molecule has 0 spiro atoms. The molecule has 6 heteroatoms. The van der Waals surface area contributed by atoms with Crippen LogP contribution < -0.4 is 0 Å². The third kappa shape index (κ3) is 6.03. The molecule has 0 amide bonds. The maximum atomic E-state index is 12.3. The van der Waals surface area contributed by atoms with Crippen LogP contribution in [0.4, 0.5) is 22.0 Å². The second kappa shape index (κ2) is 3.34. The zero-order valence-electron chi connectivity index (χ0n) is 5.71. The Hall–Kier alpha value is -0.390. The molecule has 0 N–H and O–H groups in total. The minimum atomic E-state index is -4.62. The van der Waals surface area contributed by atoms with Gasteiger partial charge in [-0.1, -0.05) is 0 Å². The summed E-state index contributed by atoms with van der Waals surface area (Å²) in [6, 6.07) is 0. The summed E-state index contributed by atoms with van der Waals surface area (Å²) in [5.41, 5.74) is 0. The van der Waals surface area contributed by atoms with Crippen LogP contribution >= 0.6 is 0 Å². The van der Waals surface area contributed by atoms with E-state index in [-0.39, 0.29) is 0 Å². The van der Waals surface area contributed by atoms with Gasteiger partial charge in [0.15, 0.2) is 0 Å². The van der Waals surface area contributed by atoms with Crippen molar-refractivity contribution in [3.8, 4) is 0 Å². The van der Waals surface area contributed by atoms with Crippen LogP contribution in [0.2, 0.25) is 0 Å². The van der Waals surface area contributed by atoms with Gasteiger partial charge in [0.05, 0.1) is 0 Å². The predicted molar refractivity (Wildman–Crippen MR) is 27.5 cm³/mol. The molecule has 0 aromatic heterocycles. The number of hydrogen-bond donors (Lipinski definition) is 0. The first kappa shape index (κ1) is 10.6. The molecule has 0 saturated carbocycles. The summed E-state index contributed by atoms with van der Waals surface area (Å²) >= 11 is 0. The van der Waals surface area contributed by atoms with Gasteiger partial charge < -0.3 is 4.74 Å². The summed E-state index contributed by atoms with van der Waals surface area (Å²) in [6.45, 7) is -2.77. The van der Waals surface area contributed by atoms with E-state index < -0.39 is 25.3 Å². The van der Waals surface area contributed by atoms with Crippen molar-refractivity contribution in [3.05, 3.63) is 0 Å². The van der Waals surface area contributed by atoms with Crippen molar-refractivity contribution in [3.63, 3.8) is 0 Å². The van der Waals surface area contributed by atoms with Gasteiger partial charge in [0, 0.05) is 0 Å². The Morgan fingerprint density at radius 3 is 1.91 bits per heavy atom. The minimum Gasteiger partial charge on any atom is -0.334 e. The van der Waals surface area contributed by atoms with Crippen molar-refractivity contribution in [2.75, 3.05) is 13.3 Å². The van der Waals surface area contributed by atoms with Crippen LogP contribution in [0.3, 0.4) is 0 Å². The molecule has 0 bridgehead atoms. The molecule has 11 heavy (non-hydrogen) atoms. The van der Waals surface area contributed by atoms with Gasteiger partial charge in [0.25, 0.3) is 0 Å². The van der Waals surface area contributed by atoms with E-state index in [0.29, 0.717) is 6.92 Å². The maximum absolute atomic E-state index is 12.3. The molecule has 0 fully saturated rings. The normalized spacial score (nSPS) is 18.0. The standard InChI is InChI=1S/C5H7F5O/c1-4(7,2-6)11-3-5(8,9)10/h2-3H2,1H3. The Morgan fingerprint density at radius 2 is 1.64 bits per heavy atom. The molecule has 0 aromatic carbocycles. The molecule has 0 aliphatic rings. The highest BCUT2D eigenvalue weighted by Crippen LogP contribution is 2.20. The first-order valence-electron chi connectivity index (χ1n) is 2.72. The fourth-order valence-electron chi connectivity index (χ4n) is 0.271. The average Bonchev–Trinajstić information content (AvgIpc) is 1.83. The second-order valence-corrected chi connectivity index (χ2v) is 2.14. The van der Waals surface area contributed by atoms with Gasteiger partial charge in [-0.2, -0.15) is 13.2 Å². The predicted octanol–water partition coefficient (Wildman–Crippen LogP) is 2.22. The van der Waals surface area contributed by atoms with E-state index in [1.807, 2.05) is 0 Å². The number of hydrogen-bond acceptors (Lipinski definition) is 1. The summed E-state index contributed by atoms with van der Waals surface area (Å²) in [7, 11) is 0. The minimum absolute atomic E-state index is 0.596. The topological polar surface area (TPSA) is 9.23 Å². The van der Waals surface area contributed by atoms with Crippen LogP contribution in [0.1, 0.15) is 6.92 Å². The van der Waals surface area contributed by atoms with Crippen LogP contribution in [0.15, 0.2) is 0 Å². The Labute approximate surface area is 60.1 Å². The molecule has 0 aromatic rings. The van der Waals surface area contributed by atoms with Crippen LogP contribution in [0.5, 0.6) is 0 Å². The van der Waals surface area contributed by atoms with E-state index in [1.54, 1.807) is 0 Å². The lowest BCUT2D eigenvalue weighted by atomic mass is 10.4. The van der Waals surface area contributed by atoms with Gasteiger partial charge >= 0.3 is 6.18 Å². The highest BCUT2D eigenvalue weighted by Gasteiger charge is 2.34. The highest BCUT2D eigenvalue weighted by molar-refractivity contribution is 4.59. The Bertz CT molecular complexity index is 119. The maximum Gasteiger partial charge on any atom is 0.411 e. The molecule has 0 heterocycles. The molecule has 0 radical (unpaired) electrons. The van der Waals surface area contributed by atoms with Gasteiger partial charge in [-0.3, -0.25) is 0 Å². The average molecular weight is 178 g/mol. The zero-order valence-corrected chi connectivity index (χ0v) is 5.71. The second-order valence-electron chi connectivity index (χ2n) is 2.14. The van der Waals surface area contributed by atoms with Crippen molar-refractivity contribution in [1.82, 2.24) is 0 Å². The lowest BCUT2D eigenvalue weighted by Crippen LogP contribution is -2.31. The smallest absolute Gasteiger partial charge is 0.334 e. The van der Waals surface area contributed by atoms with Crippen LogP contribution in [0.25, 0.3) is 0 Å². The first-order valence-corrected chi connectivity index (χ1v) is 2.72. The molecule has 1 nitrogen and oxygen atoms in total. The van der Waals surface area contributed by atoms with Gasteiger partial charge in [-0.05, 0) is 6.92 Å². The summed E-state index contributed by atoms with van der Waals surface area (Å²) < 4.78 is 61.2. The summed E-state index contributed by atoms with van der Waals surface area (Å²) in [5.74, 6) is -2.84. The summed E-state index contributed by atoms with van der Waals surface area (Å²) in [6.07, 6.45) is -4.62. The Balaban J connectivity index is 3.70. The SMILES string of the molecule is CC(F)(CF)OCC(F)(F)F. The van der Waals surface area contributed by atoms with Crippen molar-refractivity contribution in [2.24, 2.45) is 0 Å². The number of rotatable bonds is 3. The monoisotopic (exact) mass is 178 g/mol. The van der Waals surface area contributed by atoms with Gasteiger partial charge in [0.2, 0.25) is 5.85 Å². The molecule has 0 aliphatic heterocycles. The van der Waals surface area contributed by atoms with Crippen LogP contribution in [-0.2, 0) is 4.74 Å². The molecular weight excluding hydrogens is 171 g/mol. The molecule has 68 valence electrons. The third-order valence-electron chi connectivity index (χ3n) is 0.775. The fourth-order valence-corrected chi connectivity index (χ4v) is 0.271. The zero-order chi connectivity index (χ0) is 9.12. The number of ether oxygens (including phenoxy) is 1. The van der Waals surface area contributed by atoms with E-state index >= 15 is 0 Å². The molecule has 0 saturated heterocycles. The molecule has 1 atom stereocenters. The highest BCUT2D eigenvalue weighted by atomic mass is 19.4. The Kier molecular flexibility index (Phi) is 3.22. The number of halogens is 5. The van der Waals surface area contributed by atoms with E-state index in [9.17, 15) is 22.0 Å². The van der Waals surface area contributed by atoms with E-state index in [4.69, 9.17) is 0 Å². The van der Waals surface area contributed by atoms with Crippen LogP contribution in [-0.4, -0.2) is 25.3 Å². The van der Waals surface area contributed by atoms with Crippen molar-refractivity contribution < 1.29 is 26.7 Å². The summed E-state index contributed by atoms with van der Waals surface area (Å²) in [4.78, 5) is 0. The quantitative estimate of drug-likeness (QED) is 0.602. The lowest BCUT2D eigenvalue weighted by molar-refractivity contribution is -0.235. The molecular formula is C5H7F5O. The van der Waals surface area contributed by atoms with E-state index in [1.165, 1.54) is 0 Å². The Morgan fingerprint density at radius 1 is 1.18 bits per heavy atom. The number of alkyl halides is 5. The van der Waals surface area contributed by atoms with Crippen molar-refractivity contribution in [2.45, 2.75) is 19.0 Å². The lowest BCUT2D eigenvalue weighted by Gasteiger charge is -2.17. The third-order valence-corrected chi connectivity index (χ3v) is 0.775. The van der Waals surface area contributed by atoms with Gasteiger partial charge in [-0.15, -0.1) is 0 Å². The molecule has 0 rings (SSSR count). The first-order chi connectivity index (χ1) is 4.77. The van der Waals surface area contributed by atoms with E-state index in [0.717, 1.165) is 0 Å². The summed E-state index contributed by atoms with van der Waals surface area (Å²) in [5, 5.41) is 0.